The van der Waals surface area contributed by atoms with Gasteiger partial charge in [-0.1, -0.05) is 55.0 Å². The van der Waals surface area contributed by atoms with Crippen LogP contribution in [0.5, 0.6) is 0 Å². The van der Waals surface area contributed by atoms with Gasteiger partial charge in [-0.05, 0) is 56.5 Å². The van der Waals surface area contributed by atoms with E-state index in [1.165, 1.54) is 24.0 Å². The molecule has 3 heteroatoms. The lowest BCUT2D eigenvalue weighted by Gasteiger charge is -2.37. The largest absolute Gasteiger partial charge is 0.350 e. The molecule has 132 valence electrons. The average Bonchev–Trinajstić information content (AvgIpc) is 2.65. The summed E-state index contributed by atoms with van der Waals surface area (Å²) < 4.78 is 0. The van der Waals surface area contributed by atoms with Gasteiger partial charge < -0.3 is 5.32 Å². The van der Waals surface area contributed by atoms with Crippen LogP contribution in [0.1, 0.15) is 47.3 Å². The smallest absolute Gasteiger partial charge is 0.251 e. The number of likely N-dealkylation sites (tertiary alicyclic amines) is 1. The summed E-state index contributed by atoms with van der Waals surface area (Å²) in [5, 5.41) is 3.14. The third-order valence-electron chi connectivity index (χ3n) is 5.21. The van der Waals surface area contributed by atoms with E-state index in [-0.39, 0.29) is 11.9 Å². The number of carbonyl (C=O) groups is 1. The maximum Gasteiger partial charge on any atom is 0.251 e. The average molecular weight is 336 g/mol. The van der Waals surface area contributed by atoms with Gasteiger partial charge in [-0.3, -0.25) is 9.69 Å². The predicted molar refractivity (Wildman–Crippen MR) is 103 cm³/mol. The van der Waals surface area contributed by atoms with Crippen molar-refractivity contribution in [3.05, 3.63) is 71.3 Å². The Balaban J connectivity index is 1.72. The molecule has 2 aromatic rings. The van der Waals surface area contributed by atoms with Gasteiger partial charge in [-0.15, -0.1) is 0 Å². The van der Waals surface area contributed by atoms with Crippen molar-refractivity contribution in [1.82, 2.24) is 10.2 Å². The molecule has 3 nitrogen and oxygen atoms in total. The fourth-order valence-corrected chi connectivity index (χ4v) is 3.47. The number of hydrogen-bond donors (Lipinski definition) is 1. The molecule has 1 fully saturated rings. The lowest BCUT2D eigenvalue weighted by Crippen LogP contribution is -2.42. The number of carbonyl (C=O) groups excluding carboxylic acids is 1. The van der Waals surface area contributed by atoms with Crippen molar-refractivity contribution >= 4 is 5.91 Å². The van der Waals surface area contributed by atoms with E-state index in [1.807, 2.05) is 30.3 Å². The van der Waals surface area contributed by atoms with Gasteiger partial charge in [0.25, 0.3) is 5.91 Å². The van der Waals surface area contributed by atoms with Gasteiger partial charge in [0.15, 0.2) is 0 Å². The molecule has 1 N–H and O–H groups in total. The Morgan fingerprint density at radius 2 is 1.72 bits per heavy atom. The van der Waals surface area contributed by atoms with Crippen LogP contribution in [0.3, 0.4) is 0 Å². The van der Waals surface area contributed by atoms with Crippen molar-refractivity contribution in [2.24, 2.45) is 5.92 Å². The molecular formula is C22H28N2O. The highest BCUT2D eigenvalue weighted by atomic mass is 16.1. The van der Waals surface area contributed by atoms with Crippen LogP contribution in [0.4, 0.5) is 0 Å². The van der Waals surface area contributed by atoms with Crippen molar-refractivity contribution in [3.8, 4) is 0 Å². The van der Waals surface area contributed by atoms with E-state index in [0.29, 0.717) is 6.54 Å². The lowest BCUT2D eigenvalue weighted by atomic mass is 9.95. The summed E-state index contributed by atoms with van der Waals surface area (Å²) in [6, 6.07) is 18.4. The highest BCUT2D eigenvalue weighted by Crippen LogP contribution is 2.26. The summed E-state index contributed by atoms with van der Waals surface area (Å²) >= 11 is 0. The fourth-order valence-electron chi connectivity index (χ4n) is 3.47. The molecule has 1 amide bonds. The van der Waals surface area contributed by atoms with Gasteiger partial charge in [-0.2, -0.15) is 0 Å². The summed E-state index contributed by atoms with van der Waals surface area (Å²) in [6.45, 7) is 7.28. The molecule has 1 heterocycles. The Morgan fingerprint density at radius 3 is 2.36 bits per heavy atom. The summed E-state index contributed by atoms with van der Waals surface area (Å²) in [5.74, 6) is 0.803. The molecular weight excluding hydrogens is 308 g/mol. The van der Waals surface area contributed by atoms with Crippen LogP contribution in [-0.4, -0.2) is 30.4 Å². The summed E-state index contributed by atoms with van der Waals surface area (Å²) in [6.07, 6.45) is 2.46. The Hall–Kier alpha value is -2.13. The van der Waals surface area contributed by atoms with E-state index >= 15 is 0 Å². The van der Waals surface area contributed by atoms with Gasteiger partial charge >= 0.3 is 0 Å². The van der Waals surface area contributed by atoms with Gasteiger partial charge in [0.2, 0.25) is 0 Å². The van der Waals surface area contributed by atoms with E-state index in [0.717, 1.165) is 24.6 Å². The number of amides is 1. The monoisotopic (exact) mass is 336 g/mol. The highest BCUT2D eigenvalue weighted by molar-refractivity contribution is 5.94. The van der Waals surface area contributed by atoms with Crippen molar-refractivity contribution in [1.29, 1.82) is 0 Å². The fraction of sp³-hybridized carbons (Fsp3) is 0.409. The number of rotatable bonds is 5. The third kappa shape index (κ3) is 4.70. The maximum absolute atomic E-state index is 12.4. The van der Waals surface area contributed by atoms with Crippen LogP contribution in [-0.2, 0) is 0 Å². The maximum atomic E-state index is 12.4. The molecule has 0 spiro atoms. The molecule has 2 aromatic carbocycles. The van der Waals surface area contributed by atoms with E-state index in [2.05, 4.69) is 48.3 Å². The highest BCUT2D eigenvalue weighted by Gasteiger charge is 2.25. The molecule has 0 aliphatic carbocycles. The molecule has 1 atom stereocenters. The normalized spacial score (nSPS) is 17.2. The number of nitrogens with one attached hydrogen (secondary N) is 1. The van der Waals surface area contributed by atoms with Gasteiger partial charge in [0, 0.05) is 12.1 Å². The second-order valence-electron chi connectivity index (χ2n) is 7.22. The standard InChI is InChI=1S/C22H28N2O/c1-17-8-10-19(11-9-17)21(24-14-12-18(2)13-15-24)16-23-22(25)20-6-4-3-5-7-20/h3-11,18,21H,12-16H2,1-2H3,(H,23,25). The zero-order valence-electron chi connectivity index (χ0n) is 15.2. The molecule has 1 aliphatic rings. The van der Waals surface area contributed by atoms with Gasteiger partial charge in [-0.25, -0.2) is 0 Å². The van der Waals surface area contributed by atoms with E-state index in [9.17, 15) is 4.79 Å². The molecule has 0 bridgehead atoms. The topological polar surface area (TPSA) is 32.3 Å². The number of hydrogen-bond acceptors (Lipinski definition) is 2. The third-order valence-corrected chi connectivity index (χ3v) is 5.21. The van der Waals surface area contributed by atoms with Crippen molar-refractivity contribution in [2.75, 3.05) is 19.6 Å². The Morgan fingerprint density at radius 1 is 1.08 bits per heavy atom. The van der Waals surface area contributed by atoms with Crippen LogP contribution >= 0.6 is 0 Å². The van der Waals surface area contributed by atoms with E-state index < -0.39 is 0 Å². The Labute approximate surface area is 151 Å². The van der Waals surface area contributed by atoms with Gasteiger partial charge in [0.1, 0.15) is 0 Å². The number of piperidine rings is 1. The molecule has 1 unspecified atom stereocenters. The Bertz CT molecular complexity index is 673. The first kappa shape index (κ1) is 17.7. The van der Waals surface area contributed by atoms with Crippen LogP contribution in [0, 0.1) is 12.8 Å². The van der Waals surface area contributed by atoms with Crippen molar-refractivity contribution < 1.29 is 4.79 Å². The summed E-state index contributed by atoms with van der Waals surface area (Å²) in [4.78, 5) is 15.0. The number of benzene rings is 2. The molecule has 3 rings (SSSR count). The van der Waals surface area contributed by atoms with Crippen LogP contribution in [0.15, 0.2) is 54.6 Å². The Kier molecular flexibility index (Phi) is 5.87. The molecule has 0 saturated carbocycles. The molecule has 25 heavy (non-hydrogen) atoms. The van der Waals surface area contributed by atoms with Crippen LogP contribution in [0.2, 0.25) is 0 Å². The lowest BCUT2D eigenvalue weighted by molar-refractivity contribution is 0.0913. The minimum Gasteiger partial charge on any atom is -0.350 e. The zero-order valence-corrected chi connectivity index (χ0v) is 15.2. The molecule has 0 aromatic heterocycles. The van der Waals surface area contributed by atoms with Crippen LogP contribution < -0.4 is 5.32 Å². The van der Waals surface area contributed by atoms with E-state index in [1.54, 1.807) is 0 Å². The molecule has 1 saturated heterocycles. The first-order valence-corrected chi connectivity index (χ1v) is 9.27. The molecule has 0 radical (unpaired) electrons. The number of aryl methyl sites for hydroxylation is 1. The summed E-state index contributed by atoms with van der Waals surface area (Å²) in [5.41, 5.74) is 3.27. The first-order valence-electron chi connectivity index (χ1n) is 9.27. The number of nitrogens with zero attached hydrogens (tertiary/aromatic N) is 1. The SMILES string of the molecule is Cc1ccc(C(CNC(=O)c2ccccc2)N2CCC(C)CC2)cc1. The summed E-state index contributed by atoms with van der Waals surface area (Å²) in [7, 11) is 0. The van der Waals surface area contributed by atoms with Gasteiger partial charge in [0.05, 0.1) is 6.04 Å². The second-order valence-corrected chi connectivity index (χ2v) is 7.22. The first-order chi connectivity index (χ1) is 12.1. The zero-order chi connectivity index (χ0) is 17.6. The van der Waals surface area contributed by atoms with Crippen LogP contribution in [0.25, 0.3) is 0 Å². The minimum atomic E-state index is 0.00286. The minimum absolute atomic E-state index is 0.00286. The quantitative estimate of drug-likeness (QED) is 0.887. The van der Waals surface area contributed by atoms with Crippen molar-refractivity contribution in [3.63, 3.8) is 0 Å². The predicted octanol–water partition coefficient (Wildman–Crippen LogP) is 4.20. The van der Waals surface area contributed by atoms with E-state index in [4.69, 9.17) is 0 Å². The molecule has 1 aliphatic heterocycles. The second kappa shape index (κ2) is 8.30. The van der Waals surface area contributed by atoms with Crippen molar-refractivity contribution in [2.45, 2.75) is 32.7 Å².